The lowest BCUT2D eigenvalue weighted by Crippen LogP contribution is -2.18. The van der Waals surface area contributed by atoms with Crippen molar-refractivity contribution in [2.24, 2.45) is 11.5 Å². The summed E-state index contributed by atoms with van der Waals surface area (Å²) in [5.41, 5.74) is 11.1. The Kier molecular flexibility index (Phi) is 8.29. The molecular weight excluding hydrogens is 224 g/mol. The first-order valence-electron chi connectivity index (χ1n) is 5.35. The number of carbonyl (C=O) groups excluding carboxylic acids is 1. The second kappa shape index (κ2) is 9.66. The van der Waals surface area contributed by atoms with Gasteiger partial charge in [0.2, 0.25) is 0 Å². The number of carbonyl (C=O) groups is 1. The zero-order valence-electron chi connectivity index (χ0n) is 10.3. The lowest BCUT2D eigenvalue weighted by molar-refractivity contribution is 0.256. The van der Waals surface area contributed by atoms with Gasteiger partial charge in [-0.3, -0.25) is 0 Å². The highest BCUT2D eigenvalue weighted by Gasteiger charge is 1.91. The Labute approximate surface area is 108 Å². The number of nitrogens with two attached hydrogens (primary N) is 2. The van der Waals surface area contributed by atoms with Crippen molar-refractivity contribution < 1.29 is 4.79 Å². The van der Waals surface area contributed by atoms with Crippen LogP contribution >= 0.6 is 0 Å². The molecule has 18 heavy (non-hydrogen) atoms. The molecule has 0 radical (unpaired) electrons. The number of rotatable bonds is 1. The molecule has 3 heteroatoms. The molecule has 2 aromatic rings. The van der Waals surface area contributed by atoms with E-state index in [-0.39, 0.29) is 0 Å². The second-order valence-corrected chi connectivity index (χ2v) is 3.13. The molecule has 2 amide bonds. The van der Waals surface area contributed by atoms with Gasteiger partial charge in [-0.25, -0.2) is 4.79 Å². The van der Waals surface area contributed by atoms with Gasteiger partial charge in [-0.05, 0) is 11.1 Å². The second-order valence-electron chi connectivity index (χ2n) is 3.13. The molecule has 94 valence electrons. The molecule has 2 rings (SSSR count). The Bertz CT molecular complexity index is 399. The molecule has 0 unspecified atom stereocenters. The van der Waals surface area contributed by atoms with Crippen LogP contribution in [-0.2, 0) is 0 Å². The molecule has 0 bridgehead atoms. The van der Waals surface area contributed by atoms with Gasteiger partial charge in [0.05, 0.1) is 0 Å². The molecule has 0 aliphatic heterocycles. The van der Waals surface area contributed by atoms with E-state index in [2.05, 4.69) is 73.2 Å². The molecule has 0 fully saturated rings. The summed E-state index contributed by atoms with van der Waals surface area (Å²) in [4.78, 5) is 9.00. The lowest BCUT2D eigenvalue weighted by atomic mass is 10.1. The first-order valence-corrected chi connectivity index (χ1v) is 5.35. The largest absolute Gasteiger partial charge is 0.352 e. The van der Waals surface area contributed by atoms with Gasteiger partial charge < -0.3 is 11.5 Å². The lowest BCUT2D eigenvalue weighted by Gasteiger charge is -1.98. The fraction of sp³-hybridized carbons (Fsp3) is 0. The highest BCUT2D eigenvalue weighted by molar-refractivity contribution is 5.69. The molecule has 0 spiro atoms. The highest BCUT2D eigenvalue weighted by Crippen LogP contribution is 2.17. The molecular formula is C15H18N2O. The van der Waals surface area contributed by atoms with Gasteiger partial charge in [-0.1, -0.05) is 60.7 Å². The predicted molar refractivity (Wildman–Crippen MR) is 76.9 cm³/mol. The number of hydrogen-bond acceptors (Lipinski definition) is 1. The van der Waals surface area contributed by atoms with E-state index >= 15 is 0 Å². The predicted octanol–water partition coefficient (Wildman–Crippen LogP) is 3.18. The van der Waals surface area contributed by atoms with Crippen LogP contribution in [0, 0.1) is 0 Å². The minimum atomic E-state index is -0.833. The maximum Gasteiger partial charge on any atom is 0.309 e. The van der Waals surface area contributed by atoms with Crippen LogP contribution in [0.4, 0.5) is 4.79 Å². The van der Waals surface area contributed by atoms with Crippen molar-refractivity contribution in [1.29, 1.82) is 0 Å². The Morgan fingerprint density at radius 2 is 0.944 bits per heavy atom. The smallest absolute Gasteiger partial charge is 0.309 e. The average Bonchev–Trinajstić information content (AvgIpc) is 2.42. The third-order valence-electron chi connectivity index (χ3n) is 1.88. The molecule has 3 nitrogen and oxygen atoms in total. The van der Waals surface area contributed by atoms with Crippen LogP contribution in [-0.4, -0.2) is 6.03 Å². The fourth-order valence-corrected chi connectivity index (χ4v) is 1.26. The molecule has 0 heterocycles. The normalized spacial score (nSPS) is 8.00. The van der Waals surface area contributed by atoms with Crippen LogP contribution < -0.4 is 11.5 Å². The minimum absolute atomic E-state index is 0.833. The summed E-state index contributed by atoms with van der Waals surface area (Å²) in [5.74, 6) is 0. The molecule has 0 atom stereocenters. The summed E-state index contributed by atoms with van der Waals surface area (Å²) in [6, 6.07) is 19.9. The molecule has 4 N–H and O–H groups in total. The zero-order chi connectivity index (χ0) is 13.8. The van der Waals surface area contributed by atoms with Crippen molar-refractivity contribution in [3.63, 3.8) is 0 Å². The van der Waals surface area contributed by atoms with Crippen molar-refractivity contribution in [3.05, 3.63) is 73.8 Å². The number of benzene rings is 2. The standard InChI is InChI=1S/C12H10.C2H4.CH4N2O/c1-3-7-11(8-4-1)12-9-5-2-6-10-12;1-2;2-1(3)4/h1-10H;1-2H2;(H4,2,3,4). The minimum Gasteiger partial charge on any atom is -0.352 e. The molecule has 0 aliphatic rings. The van der Waals surface area contributed by atoms with Crippen LogP contribution in [0.15, 0.2) is 73.8 Å². The molecule has 0 saturated carbocycles. The number of urea groups is 1. The van der Waals surface area contributed by atoms with Gasteiger partial charge in [0, 0.05) is 0 Å². The topological polar surface area (TPSA) is 69.1 Å². The molecule has 2 aromatic carbocycles. The zero-order valence-corrected chi connectivity index (χ0v) is 10.3. The average molecular weight is 242 g/mol. The summed E-state index contributed by atoms with van der Waals surface area (Å²) in [6.45, 7) is 6.00. The first kappa shape index (κ1) is 15.5. The van der Waals surface area contributed by atoms with Gasteiger partial charge in [-0.15, -0.1) is 13.2 Å². The van der Waals surface area contributed by atoms with Crippen LogP contribution in [0.25, 0.3) is 11.1 Å². The van der Waals surface area contributed by atoms with Gasteiger partial charge >= 0.3 is 6.03 Å². The van der Waals surface area contributed by atoms with Crippen LogP contribution in [0.2, 0.25) is 0 Å². The van der Waals surface area contributed by atoms with E-state index < -0.39 is 6.03 Å². The van der Waals surface area contributed by atoms with Crippen molar-refractivity contribution in [2.75, 3.05) is 0 Å². The van der Waals surface area contributed by atoms with Gasteiger partial charge in [0.15, 0.2) is 0 Å². The molecule has 0 aliphatic carbocycles. The first-order chi connectivity index (χ1) is 8.70. The molecule has 0 saturated heterocycles. The monoisotopic (exact) mass is 242 g/mol. The van der Waals surface area contributed by atoms with Crippen LogP contribution in [0.1, 0.15) is 0 Å². The summed E-state index contributed by atoms with van der Waals surface area (Å²) >= 11 is 0. The maximum atomic E-state index is 9.00. The van der Waals surface area contributed by atoms with Gasteiger partial charge in [0.1, 0.15) is 0 Å². The number of primary amides is 2. The quantitative estimate of drug-likeness (QED) is 0.741. The number of hydrogen-bond donors (Lipinski definition) is 2. The Hall–Kier alpha value is -2.55. The van der Waals surface area contributed by atoms with Crippen LogP contribution in [0.5, 0.6) is 0 Å². The maximum absolute atomic E-state index is 9.00. The van der Waals surface area contributed by atoms with Crippen molar-refractivity contribution in [3.8, 4) is 11.1 Å². The van der Waals surface area contributed by atoms with E-state index in [1.807, 2.05) is 12.1 Å². The van der Waals surface area contributed by atoms with Crippen molar-refractivity contribution in [2.45, 2.75) is 0 Å². The van der Waals surface area contributed by atoms with E-state index in [0.29, 0.717) is 0 Å². The summed E-state index contributed by atoms with van der Waals surface area (Å²) < 4.78 is 0. The van der Waals surface area contributed by atoms with E-state index in [9.17, 15) is 0 Å². The third-order valence-corrected chi connectivity index (χ3v) is 1.88. The van der Waals surface area contributed by atoms with Crippen LogP contribution in [0.3, 0.4) is 0 Å². The van der Waals surface area contributed by atoms with Crippen molar-refractivity contribution >= 4 is 6.03 Å². The molecule has 0 aromatic heterocycles. The Balaban J connectivity index is 0.000000415. The fourth-order valence-electron chi connectivity index (χ4n) is 1.26. The summed E-state index contributed by atoms with van der Waals surface area (Å²) in [7, 11) is 0. The third kappa shape index (κ3) is 6.85. The Morgan fingerprint density at radius 3 is 1.17 bits per heavy atom. The van der Waals surface area contributed by atoms with E-state index in [1.54, 1.807) is 0 Å². The van der Waals surface area contributed by atoms with E-state index in [1.165, 1.54) is 11.1 Å². The number of amides is 2. The highest BCUT2D eigenvalue weighted by atomic mass is 16.2. The summed E-state index contributed by atoms with van der Waals surface area (Å²) in [6.07, 6.45) is 0. The van der Waals surface area contributed by atoms with E-state index in [0.717, 1.165) is 0 Å². The van der Waals surface area contributed by atoms with Crippen molar-refractivity contribution in [1.82, 2.24) is 0 Å². The van der Waals surface area contributed by atoms with E-state index in [4.69, 9.17) is 4.79 Å². The summed E-state index contributed by atoms with van der Waals surface area (Å²) in [5, 5.41) is 0. The van der Waals surface area contributed by atoms with Gasteiger partial charge in [-0.2, -0.15) is 0 Å². The SMILES string of the molecule is C=C.NC(N)=O.c1ccc(-c2ccccc2)cc1. The Morgan fingerprint density at radius 1 is 0.722 bits per heavy atom. The van der Waals surface area contributed by atoms with Gasteiger partial charge in [0.25, 0.3) is 0 Å².